The number of rotatable bonds is 5. The van der Waals surface area contributed by atoms with E-state index in [1.54, 1.807) is 49.3 Å². The molecule has 1 heterocycles. The number of pyridine rings is 1. The van der Waals surface area contributed by atoms with Gasteiger partial charge in [0.05, 0.1) is 11.3 Å². The van der Waals surface area contributed by atoms with E-state index < -0.39 is 17.6 Å². The number of alkyl halides is 3. The van der Waals surface area contributed by atoms with E-state index in [0.717, 1.165) is 12.3 Å². The van der Waals surface area contributed by atoms with Crippen LogP contribution in [0.15, 0.2) is 41.6 Å². The van der Waals surface area contributed by atoms with Crippen LogP contribution in [0.1, 0.15) is 5.56 Å². The van der Waals surface area contributed by atoms with Gasteiger partial charge >= 0.3 is 6.18 Å². The van der Waals surface area contributed by atoms with E-state index in [2.05, 4.69) is 15.5 Å². The van der Waals surface area contributed by atoms with Gasteiger partial charge in [0, 0.05) is 25.9 Å². The van der Waals surface area contributed by atoms with Crippen LogP contribution < -0.4 is 16.1 Å². The lowest BCUT2D eigenvalue weighted by molar-refractivity contribution is -0.137. The van der Waals surface area contributed by atoms with Crippen molar-refractivity contribution in [1.29, 1.82) is 10.7 Å². The Kier molecular flexibility index (Phi) is 5.65. The Hall–Kier alpha value is -3.61. The van der Waals surface area contributed by atoms with Gasteiger partial charge in [-0.1, -0.05) is 12.1 Å². The monoisotopic (exact) mass is 375 g/mol. The summed E-state index contributed by atoms with van der Waals surface area (Å²) in [5, 5.41) is 19.8. The maximum Gasteiger partial charge on any atom is 0.417 e. The summed E-state index contributed by atoms with van der Waals surface area (Å²) in [6.45, 7) is 0. The summed E-state index contributed by atoms with van der Waals surface area (Å²) >= 11 is 0. The molecule has 1 aromatic carbocycles. The van der Waals surface area contributed by atoms with Crippen molar-refractivity contribution in [3.8, 4) is 17.2 Å². The fourth-order valence-electron chi connectivity index (χ4n) is 2.20. The highest BCUT2D eigenvalue weighted by atomic mass is 19.4. The summed E-state index contributed by atoms with van der Waals surface area (Å²) in [7, 11) is 3.36. The normalized spacial score (nSPS) is 11.6. The van der Waals surface area contributed by atoms with Gasteiger partial charge in [-0.25, -0.2) is 4.98 Å². The van der Waals surface area contributed by atoms with Crippen molar-refractivity contribution in [2.45, 2.75) is 6.18 Å². The molecule has 27 heavy (non-hydrogen) atoms. The quantitative estimate of drug-likeness (QED) is 0.422. The average Bonchev–Trinajstić information content (AvgIpc) is 2.61. The first-order valence-electron chi connectivity index (χ1n) is 7.56. The third-order valence-corrected chi connectivity index (χ3v) is 3.45. The van der Waals surface area contributed by atoms with Crippen LogP contribution in [0.4, 0.5) is 24.7 Å². The zero-order valence-electron chi connectivity index (χ0n) is 14.5. The summed E-state index contributed by atoms with van der Waals surface area (Å²) in [6, 6.07) is 9.11. The largest absolute Gasteiger partial charge is 0.417 e. The molecule has 0 spiro atoms. The van der Waals surface area contributed by atoms with Gasteiger partial charge in [0.1, 0.15) is 11.9 Å². The Labute approximate surface area is 153 Å². The Morgan fingerprint density at radius 2 is 2.04 bits per heavy atom. The number of halogens is 3. The highest BCUT2D eigenvalue weighted by Gasteiger charge is 2.32. The number of aromatic nitrogens is 1. The molecular weight excluding hydrogens is 359 g/mol. The van der Waals surface area contributed by atoms with E-state index in [0.29, 0.717) is 17.1 Å². The van der Waals surface area contributed by atoms with E-state index in [9.17, 15) is 13.2 Å². The van der Waals surface area contributed by atoms with Crippen molar-refractivity contribution >= 4 is 23.1 Å². The first-order chi connectivity index (χ1) is 12.6. The highest BCUT2D eigenvalue weighted by Crippen LogP contribution is 2.36. The zero-order valence-corrected chi connectivity index (χ0v) is 14.5. The van der Waals surface area contributed by atoms with Gasteiger partial charge in [0.2, 0.25) is 5.71 Å². The van der Waals surface area contributed by atoms with Gasteiger partial charge < -0.3 is 10.6 Å². The van der Waals surface area contributed by atoms with Crippen LogP contribution in [0.3, 0.4) is 0 Å². The maximum absolute atomic E-state index is 13.1. The first-order valence-corrected chi connectivity index (χ1v) is 7.56. The molecule has 2 aromatic rings. The molecule has 0 aliphatic rings. The average molecular weight is 375 g/mol. The van der Waals surface area contributed by atoms with Crippen molar-refractivity contribution in [2.75, 3.05) is 24.4 Å². The number of anilines is 2. The van der Waals surface area contributed by atoms with Crippen LogP contribution in [0, 0.1) is 16.7 Å². The molecule has 2 rings (SSSR count). The molecule has 4 N–H and O–H groups in total. The molecule has 0 saturated carbocycles. The third kappa shape index (κ3) is 4.72. The van der Waals surface area contributed by atoms with Crippen LogP contribution in [0.2, 0.25) is 0 Å². The standard InChI is InChI=1S/C17H16F3N7/c1-27(2)16-13(7-11(9-24-16)17(18,19)20)10-4-3-5-12(6-10)25-26-14(8-21)15(22)23/h3-7,9,25H,1-2H3,(H3,22,23)/b26-14+. The molecule has 0 aliphatic carbocycles. The number of benzene rings is 1. The molecule has 0 amide bonds. The van der Waals surface area contributed by atoms with Crippen LogP contribution in [-0.2, 0) is 6.18 Å². The van der Waals surface area contributed by atoms with Crippen molar-refractivity contribution < 1.29 is 13.2 Å². The van der Waals surface area contributed by atoms with Gasteiger partial charge in [-0.2, -0.15) is 23.5 Å². The molecule has 10 heteroatoms. The van der Waals surface area contributed by atoms with Crippen molar-refractivity contribution in [3.05, 3.63) is 42.1 Å². The number of nitrogens with two attached hydrogens (primary N) is 1. The zero-order chi connectivity index (χ0) is 20.2. The van der Waals surface area contributed by atoms with Crippen molar-refractivity contribution in [2.24, 2.45) is 10.8 Å². The molecular formula is C17H16F3N7. The van der Waals surface area contributed by atoms with Gasteiger partial charge in [-0.15, -0.1) is 0 Å². The van der Waals surface area contributed by atoms with E-state index in [-0.39, 0.29) is 11.3 Å². The number of amidine groups is 1. The second-order valence-corrected chi connectivity index (χ2v) is 5.67. The second kappa shape index (κ2) is 7.74. The van der Waals surface area contributed by atoms with E-state index in [1.807, 2.05) is 0 Å². The summed E-state index contributed by atoms with van der Waals surface area (Å²) < 4.78 is 39.2. The second-order valence-electron chi connectivity index (χ2n) is 5.67. The van der Waals surface area contributed by atoms with E-state index >= 15 is 0 Å². The smallest absolute Gasteiger partial charge is 0.382 e. The van der Waals surface area contributed by atoms with Crippen LogP contribution in [0.25, 0.3) is 11.1 Å². The molecule has 0 radical (unpaired) electrons. The third-order valence-electron chi connectivity index (χ3n) is 3.45. The SMILES string of the molecule is CN(C)c1ncc(C(F)(F)F)cc1-c1cccc(N/N=C(\C#N)C(=N)N)c1. The Balaban J connectivity index is 2.49. The molecule has 1 aromatic heterocycles. The number of hydrazone groups is 1. The molecule has 0 bridgehead atoms. The minimum Gasteiger partial charge on any atom is -0.382 e. The lowest BCUT2D eigenvalue weighted by atomic mass is 10.0. The van der Waals surface area contributed by atoms with Gasteiger partial charge in [0.25, 0.3) is 0 Å². The first kappa shape index (κ1) is 19.7. The van der Waals surface area contributed by atoms with Crippen LogP contribution in [0.5, 0.6) is 0 Å². The summed E-state index contributed by atoms with van der Waals surface area (Å²) in [4.78, 5) is 5.54. The highest BCUT2D eigenvalue weighted by molar-refractivity contribution is 6.45. The van der Waals surface area contributed by atoms with Gasteiger partial charge in [-0.3, -0.25) is 10.8 Å². The molecule has 7 nitrogen and oxygen atoms in total. The molecule has 0 unspecified atom stereocenters. The number of hydrogen-bond donors (Lipinski definition) is 3. The van der Waals surface area contributed by atoms with Crippen LogP contribution in [-0.4, -0.2) is 30.6 Å². The fourth-order valence-corrected chi connectivity index (χ4v) is 2.20. The molecule has 0 fully saturated rings. The summed E-state index contributed by atoms with van der Waals surface area (Å²) in [5.74, 6) is -0.136. The fraction of sp³-hybridized carbons (Fsp3) is 0.176. The summed E-state index contributed by atoms with van der Waals surface area (Å²) in [6.07, 6.45) is -3.73. The lowest BCUT2D eigenvalue weighted by Gasteiger charge is -2.18. The van der Waals surface area contributed by atoms with Gasteiger partial charge in [0.15, 0.2) is 5.84 Å². The Bertz CT molecular complexity index is 927. The minimum atomic E-state index is -4.52. The Morgan fingerprint density at radius 1 is 1.33 bits per heavy atom. The predicted molar refractivity (Wildman–Crippen MR) is 97.6 cm³/mol. The predicted octanol–water partition coefficient (Wildman–Crippen LogP) is 3.06. The number of nitrogens with one attached hydrogen (secondary N) is 2. The molecule has 0 atom stereocenters. The lowest BCUT2D eigenvalue weighted by Crippen LogP contribution is -2.21. The number of nitriles is 1. The Morgan fingerprint density at radius 3 is 2.59 bits per heavy atom. The van der Waals surface area contributed by atoms with Gasteiger partial charge in [-0.05, 0) is 23.8 Å². The van der Waals surface area contributed by atoms with Crippen molar-refractivity contribution in [1.82, 2.24) is 4.98 Å². The van der Waals surface area contributed by atoms with Crippen molar-refractivity contribution in [3.63, 3.8) is 0 Å². The topological polar surface area (TPSA) is 114 Å². The number of nitrogens with zero attached hydrogens (tertiary/aromatic N) is 4. The molecule has 0 aliphatic heterocycles. The number of hydrogen-bond acceptors (Lipinski definition) is 6. The molecule has 140 valence electrons. The molecule has 0 saturated heterocycles. The summed E-state index contributed by atoms with van der Waals surface area (Å²) in [5.41, 5.74) is 7.78. The van der Waals surface area contributed by atoms with E-state index in [4.69, 9.17) is 16.4 Å². The maximum atomic E-state index is 13.1. The van der Waals surface area contributed by atoms with E-state index in [1.165, 1.54) is 0 Å². The minimum absolute atomic E-state index is 0.287. The van der Waals surface area contributed by atoms with Crippen LogP contribution >= 0.6 is 0 Å².